The standard InChI is InChI=1S/C33H28F3N5O5/c1-17-10-21(46-26-7-5-4-6-23(26)34)8-9-24(17)41-30(37)22(15-38-41)29(42)20-11-18-13-25(40-31(43)33(2,3)39-32(40)44)27(14-19(18)12-20)45-16-28(35)36/h4-10,12-15,28H,11,16,37H2,1-3H3,(H,39,44). The Morgan fingerprint density at radius 3 is 2.52 bits per heavy atom. The number of nitrogens with one attached hydrogen (secondary N) is 1. The van der Waals surface area contributed by atoms with E-state index in [1.54, 1.807) is 43.3 Å². The number of benzene rings is 3. The van der Waals surface area contributed by atoms with Crippen LogP contribution in [0.1, 0.15) is 40.9 Å². The number of nitrogen functional groups attached to an aromatic ring is 1. The first kappa shape index (κ1) is 30.4. The van der Waals surface area contributed by atoms with Gasteiger partial charge in [0, 0.05) is 12.0 Å². The van der Waals surface area contributed by atoms with Crippen LogP contribution in [0.4, 0.5) is 29.5 Å². The van der Waals surface area contributed by atoms with Gasteiger partial charge >= 0.3 is 6.03 Å². The fraction of sp³-hybridized carbons (Fsp3) is 0.212. The molecule has 0 radical (unpaired) electrons. The normalized spacial score (nSPS) is 15.2. The topological polar surface area (TPSA) is 129 Å². The number of para-hydroxylation sites is 1. The second-order valence-corrected chi connectivity index (χ2v) is 11.4. The number of alkyl halides is 2. The third-order valence-electron chi connectivity index (χ3n) is 7.70. The van der Waals surface area contributed by atoms with E-state index < -0.39 is 42.1 Å². The SMILES string of the molecule is Cc1cc(Oc2ccccc2F)ccc1-n1ncc(C(=O)C2=Cc3cc(OCC(F)F)c(N4C(=O)NC(C)(C)C4=O)cc3C2)c1N. The van der Waals surface area contributed by atoms with E-state index in [4.69, 9.17) is 15.2 Å². The Kier molecular flexibility index (Phi) is 7.54. The number of halogens is 3. The molecule has 2 heterocycles. The van der Waals surface area contributed by atoms with E-state index >= 15 is 0 Å². The molecule has 0 bridgehead atoms. The third kappa shape index (κ3) is 5.44. The second-order valence-electron chi connectivity index (χ2n) is 11.4. The van der Waals surface area contributed by atoms with Crippen molar-refractivity contribution in [2.45, 2.75) is 39.2 Å². The van der Waals surface area contributed by atoms with Gasteiger partial charge in [-0.05, 0) is 86.0 Å². The number of rotatable bonds is 9. The summed E-state index contributed by atoms with van der Waals surface area (Å²) in [6, 6.07) is 13.2. The summed E-state index contributed by atoms with van der Waals surface area (Å²) in [5.74, 6) is -1.04. The number of imide groups is 1. The second kappa shape index (κ2) is 11.4. The number of ether oxygens (including phenoxy) is 2. The Hall–Kier alpha value is -5.59. The average Bonchev–Trinajstić information content (AvgIpc) is 3.65. The zero-order valence-corrected chi connectivity index (χ0v) is 24.9. The first-order valence-corrected chi connectivity index (χ1v) is 14.2. The molecule has 236 valence electrons. The number of carbonyl (C=O) groups excluding carboxylic acids is 3. The van der Waals surface area contributed by atoms with Gasteiger partial charge in [-0.1, -0.05) is 12.1 Å². The monoisotopic (exact) mass is 631 g/mol. The van der Waals surface area contributed by atoms with E-state index in [0.717, 1.165) is 4.90 Å². The number of carbonyl (C=O) groups is 3. The molecule has 0 spiro atoms. The first-order chi connectivity index (χ1) is 21.8. The summed E-state index contributed by atoms with van der Waals surface area (Å²) in [5.41, 5.74) is 8.03. The summed E-state index contributed by atoms with van der Waals surface area (Å²) >= 11 is 0. The fourth-order valence-electron chi connectivity index (χ4n) is 5.40. The molecule has 1 aliphatic carbocycles. The summed E-state index contributed by atoms with van der Waals surface area (Å²) in [6.07, 6.45) is 0.258. The predicted octanol–water partition coefficient (Wildman–Crippen LogP) is 6.00. The highest BCUT2D eigenvalue weighted by molar-refractivity contribution is 6.24. The quantitative estimate of drug-likeness (QED) is 0.171. The van der Waals surface area contributed by atoms with Crippen molar-refractivity contribution >= 4 is 35.3 Å². The minimum atomic E-state index is -2.80. The molecule has 0 atom stereocenters. The smallest absolute Gasteiger partial charge is 0.329 e. The number of anilines is 2. The molecule has 1 fully saturated rings. The number of fused-ring (bicyclic) bond motifs is 1. The fourth-order valence-corrected chi connectivity index (χ4v) is 5.40. The molecule has 46 heavy (non-hydrogen) atoms. The zero-order valence-electron chi connectivity index (χ0n) is 24.9. The highest BCUT2D eigenvalue weighted by Crippen LogP contribution is 2.40. The molecule has 13 heteroatoms. The Morgan fingerprint density at radius 2 is 1.85 bits per heavy atom. The summed E-state index contributed by atoms with van der Waals surface area (Å²) < 4.78 is 52.6. The number of amides is 3. The van der Waals surface area contributed by atoms with E-state index in [-0.39, 0.29) is 35.0 Å². The van der Waals surface area contributed by atoms with Gasteiger partial charge in [0.1, 0.15) is 29.5 Å². The number of ketones is 1. The van der Waals surface area contributed by atoms with Gasteiger partial charge in [-0.25, -0.2) is 27.5 Å². The van der Waals surface area contributed by atoms with Crippen LogP contribution in [-0.4, -0.2) is 46.1 Å². The van der Waals surface area contributed by atoms with E-state index in [2.05, 4.69) is 10.4 Å². The van der Waals surface area contributed by atoms with E-state index in [1.165, 1.54) is 49.0 Å². The van der Waals surface area contributed by atoms with E-state index in [9.17, 15) is 27.6 Å². The number of urea groups is 1. The van der Waals surface area contributed by atoms with Gasteiger partial charge in [-0.3, -0.25) is 9.59 Å². The highest BCUT2D eigenvalue weighted by atomic mass is 19.3. The molecule has 3 amide bonds. The van der Waals surface area contributed by atoms with Gasteiger partial charge in [0.25, 0.3) is 12.3 Å². The molecular weight excluding hydrogens is 603 g/mol. The predicted molar refractivity (Wildman–Crippen MR) is 163 cm³/mol. The average molecular weight is 632 g/mol. The van der Waals surface area contributed by atoms with Crippen molar-refractivity contribution in [3.05, 3.63) is 94.4 Å². The maximum absolute atomic E-state index is 14.0. The number of aryl methyl sites for hydroxylation is 1. The van der Waals surface area contributed by atoms with Crippen molar-refractivity contribution in [3.8, 4) is 22.9 Å². The molecule has 3 N–H and O–H groups in total. The number of allylic oxidation sites excluding steroid dienone is 1. The molecule has 0 unspecified atom stereocenters. The molecule has 10 nitrogen and oxygen atoms in total. The van der Waals surface area contributed by atoms with Crippen molar-refractivity contribution in [2.75, 3.05) is 17.2 Å². The van der Waals surface area contributed by atoms with E-state index in [1.807, 2.05) is 0 Å². The van der Waals surface area contributed by atoms with Gasteiger partial charge in [0.2, 0.25) is 0 Å². The lowest BCUT2D eigenvalue weighted by molar-refractivity contribution is -0.121. The molecule has 1 aliphatic heterocycles. The summed E-state index contributed by atoms with van der Waals surface area (Å²) in [4.78, 5) is 40.3. The van der Waals surface area contributed by atoms with Gasteiger partial charge < -0.3 is 20.5 Å². The molecular formula is C33H28F3N5O5. The van der Waals surface area contributed by atoms with Crippen molar-refractivity contribution in [2.24, 2.45) is 0 Å². The lowest BCUT2D eigenvalue weighted by atomic mass is 10.0. The summed E-state index contributed by atoms with van der Waals surface area (Å²) in [7, 11) is 0. The van der Waals surface area contributed by atoms with Crippen molar-refractivity contribution in [3.63, 3.8) is 0 Å². The molecule has 0 saturated carbocycles. The van der Waals surface area contributed by atoms with Gasteiger partial charge in [-0.2, -0.15) is 5.10 Å². The van der Waals surface area contributed by atoms with Crippen LogP contribution in [0.25, 0.3) is 11.8 Å². The van der Waals surface area contributed by atoms with Crippen LogP contribution in [0.15, 0.2) is 66.4 Å². The number of hydrogen-bond acceptors (Lipinski definition) is 7. The van der Waals surface area contributed by atoms with Crippen LogP contribution in [-0.2, 0) is 11.2 Å². The largest absolute Gasteiger partial charge is 0.485 e. The summed E-state index contributed by atoms with van der Waals surface area (Å²) in [5, 5.41) is 6.89. The number of nitrogens with zero attached hydrogens (tertiary/aromatic N) is 3. The molecule has 1 aromatic heterocycles. The lowest BCUT2D eigenvalue weighted by Gasteiger charge is -2.20. The lowest BCUT2D eigenvalue weighted by Crippen LogP contribution is -2.40. The molecule has 3 aromatic carbocycles. The maximum Gasteiger partial charge on any atom is 0.329 e. The third-order valence-corrected chi connectivity index (χ3v) is 7.70. The minimum Gasteiger partial charge on any atom is -0.485 e. The van der Waals surface area contributed by atoms with Crippen LogP contribution < -0.4 is 25.4 Å². The first-order valence-electron chi connectivity index (χ1n) is 14.2. The van der Waals surface area contributed by atoms with Crippen LogP contribution in [0, 0.1) is 12.7 Å². The van der Waals surface area contributed by atoms with Gasteiger partial charge in [-0.15, -0.1) is 0 Å². The van der Waals surface area contributed by atoms with Gasteiger partial charge in [0.05, 0.1) is 23.1 Å². The number of nitrogens with two attached hydrogens (primary N) is 1. The Labute approximate surface area is 261 Å². The van der Waals surface area contributed by atoms with Crippen LogP contribution in [0.5, 0.6) is 17.2 Å². The Bertz CT molecular complexity index is 1950. The molecule has 1 saturated heterocycles. The molecule has 6 rings (SSSR count). The number of hydrogen-bond donors (Lipinski definition) is 2. The van der Waals surface area contributed by atoms with Gasteiger partial charge in [0.15, 0.2) is 17.3 Å². The summed E-state index contributed by atoms with van der Waals surface area (Å²) in [6.45, 7) is 3.89. The van der Waals surface area contributed by atoms with Crippen molar-refractivity contribution in [1.29, 1.82) is 0 Å². The van der Waals surface area contributed by atoms with Crippen LogP contribution in [0.2, 0.25) is 0 Å². The zero-order chi connectivity index (χ0) is 32.9. The minimum absolute atomic E-state index is 0.000174. The molecule has 2 aliphatic rings. The van der Waals surface area contributed by atoms with E-state index in [0.29, 0.717) is 33.7 Å². The maximum atomic E-state index is 14.0. The molecule has 4 aromatic rings. The van der Waals surface area contributed by atoms with Crippen LogP contribution >= 0.6 is 0 Å². The highest BCUT2D eigenvalue weighted by Gasteiger charge is 2.46. The van der Waals surface area contributed by atoms with Crippen LogP contribution in [0.3, 0.4) is 0 Å². The Morgan fingerprint density at radius 1 is 1.09 bits per heavy atom. The Balaban J connectivity index is 1.26. The van der Waals surface area contributed by atoms with Crippen molar-refractivity contribution in [1.82, 2.24) is 15.1 Å². The number of aromatic nitrogens is 2. The van der Waals surface area contributed by atoms with Crippen molar-refractivity contribution < 1.29 is 37.0 Å². The number of Topliss-reactive ketones (excluding diaryl/α,β-unsaturated/α-hetero) is 1.